The zero-order valence-electron chi connectivity index (χ0n) is 14.7. The van der Waals surface area contributed by atoms with E-state index in [1.807, 2.05) is 31.2 Å². The van der Waals surface area contributed by atoms with E-state index >= 15 is 0 Å². The van der Waals surface area contributed by atoms with E-state index in [-0.39, 0.29) is 5.78 Å². The fourth-order valence-electron chi connectivity index (χ4n) is 2.45. The van der Waals surface area contributed by atoms with Crippen LogP contribution in [-0.4, -0.2) is 45.0 Å². The number of hydrogen-bond acceptors (Lipinski definition) is 5. The lowest BCUT2D eigenvalue weighted by molar-refractivity contribution is 0.105. The molecule has 0 atom stereocenters. The van der Waals surface area contributed by atoms with Gasteiger partial charge in [-0.15, -0.1) is 5.10 Å². The Morgan fingerprint density at radius 2 is 1.73 bits per heavy atom. The van der Waals surface area contributed by atoms with Crippen LogP contribution in [-0.2, 0) is 0 Å². The molecule has 0 spiro atoms. The van der Waals surface area contributed by atoms with Crippen LogP contribution in [0.1, 0.15) is 21.7 Å². The van der Waals surface area contributed by atoms with Crippen LogP contribution in [0.25, 0.3) is 11.3 Å². The normalized spacial score (nSPS) is 11.5. The Bertz CT molecular complexity index is 943. The molecule has 0 radical (unpaired) electrons. The molecule has 0 saturated heterocycles. The molecule has 132 valence electrons. The highest BCUT2D eigenvalue weighted by Crippen LogP contribution is 2.21. The summed E-state index contributed by atoms with van der Waals surface area (Å²) in [4.78, 5) is 14.7. The lowest BCUT2D eigenvalue weighted by Crippen LogP contribution is -2.13. The number of ketones is 1. The Labute approximate surface area is 150 Å². The predicted molar refractivity (Wildman–Crippen MR) is 96.3 cm³/mol. The molecule has 0 amide bonds. The number of aryl methyl sites for hydroxylation is 1. The van der Waals surface area contributed by atoms with Gasteiger partial charge in [0, 0.05) is 25.9 Å². The number of rotatable bonds is 5. The minimum absolute atomic E-state index is 0.290. The molecule has 1 heterocycles. The van der Waals surface area contributed by atoms with Crippen LogP contribution >= 0.6 is 0 Å². The van der Waals surface area contributed by atoms with E-state index in [4.69, 9.17) is 0 Å². The molecule has 26 heavy (non-hydrogen) atoms. The van der Waals surface area contributed by atoms with Crippen molar-refractivity contribution in [2.24, 2.45) is 0 Å². The average molecular weight is 351 g/mol. The van der Waals surface area contributed by atoms with E-state index in [1.165, 1.54) is 28.9 Å². The van der Waals surface area contributed by atoms with Crippen LogP contribution in [0.4, 0.5) is 4.39 Å². The second-order valence-electron chi connectivity index (χ2n) is 6.09. The predicted octanol–water partition coefficient (Wildman–Crippen LogP) is 2.90. The fourth-order valence-corrected chi connectivity index (χ4v) is 2.45. The molecular weight excluding hydrogens is 333 g/mol. The van der Waals surface area contributed by atoms with Gasteiger partial charge in [-0.25, -0.2) is 4.39 Å². The number of nitrogens with zero attached hydrogens (tertiary/aromatic N) is 5. The largest absolute Gasteiger partial charge is 0.383 e. The topological polar surface area (TPSA) is 63.9 Å². The smallest absolute Gasteiger partial charge is 0.198 e. The number of tetrazole rings is 1. The molecule has 1 aromatic heterocycles. The van der Waals surface area contributed by atoms with Crippen molar-refractivity contribution in [3.05, 3.63) is 77.5 Å². The summed E-state index contributed by atoms with van der Waals surface area (Å²) in [6.07, 6.45) is 1.65. The van der Waals surface area contributed by atoms with E-state index in [1.54, 1.807) is 25.2 Å². The quantitative estimate of drug-likeness (QED) is 0.522. The van der Waals surface area contributed by atoms with Gasteiger partial charge in [-0.05, 0) is 53.7 Å². The summed E-state index contributed by atoms with van der Waals surface area (Å²) in [5, 5.41) is 11.8. The maximum Gasteiger partial charge on any atom is 0.198 e. The monoisotopic (exact) mass is 351 g/mol. The van der Waals surface area contributed by atoms with E-state index in [9.17, 15) is 9.18 Å². The fraction of sp³-hybridized carbons (Fsp3) is 0.158. The van der Waals surface area contributed by atoms with Crippen LogP contribution in [0.5, 0.6) is 0 Å². The summed E-state index contributed by atoms with van der Waals surface area (Å²) < 4.78 is 14.7. The second kappa shape index (κ2) is 7.26. The molecule has 7 heteroatoms. The first-order valence-corrected chi connectivity index (χ1v) is 8.00. The maximum atomic E-state index is 13.2. The number of halogens is 1. The van der Waals surface area contributed by atoms with Crippen molar-refractivity contribution >= 4 is 11.4 Å². The third kappa shape index (κ3) is 3.66. The Morgan fingerprint density at radius 1 is 1.08 bits per heavy atom. The van der Waals surface area contributed by atoms with Gasteiger partial charge in [-0.3, -0.25) is 4.79 Å². The zero-order valence-corrected chi connectivity index (χ0v) is 14.7. The molecule has 0 unspecified atom stereocenters. The molecule has 0 aliphatic carbocycles. The molecule has 0 aliphatic rings. The molecule has 6 nitrogen and oxygen atoms in total. The molecule has 0 fully saturated rings. The summed E-state index contributed by atoms with van der Waals surface area (Å²) >= 11 is 0. The van der Waals surface area contributed by atoms with Crippen molar-refractivity contribution in [1.29, 1.82) is 0 Å². The minimum atomic E-state index is -0.399. The highest BCUT2D eigenvalue weighted by molar-refractivity contribution is 6.28. The summed E-state index contributed by atoms with van der Waals surface area (Å²) in [5.41, 5.74) is 2.52. The maximum absolute atomic E-state index is 13.2. The van der Waals surface area contributed by atoms with Crippen molar-refractivity contribution in [2.45, 2.75) is 6.92 Å². The Hall–Kier alpha value is -3.35. The number of hydrogen-bond donors (Lipinski definition) is 0. The number of carbonyl (C=O) groups is 1. The third-order valence-corrected chi connectivity index (χ3v) is 3.73. The molecule has 0 saturated carbocycles. The Kier molecular flexibility index (Phi) is 4.88. The van der Waals surface area contributed by atoms with Gasteiger partial charge in [0.2, 0.25) is 0 Å². The van der Waals surface area contributed by atoms with Gasteiger partial charge in [0.05, 0.1) is 11.3 Å². The van der Waals surface area contributed by atoms with Crippen LogP contribution in [0.2, 0.25) is 0 Å². The van der Waals surface area contributed by atoms with Crippen LogP contribution in [0.3, 0.4) is 0 Å². The van der Waals surface area contributed by atoms with E-state index < -0.39 is 5.82 Å². The number of carbonyl (C=O) groups excluding carboxylic acids is 1. The average Bonchev–Trinajstić information content (AvgIpc) is 3.09. The first-order valence-electron chi connectivity index (χ1n) is 8.00. The molecule has 3 rings (SSSR count). The van der Waals surface area contributed by atoms with Crippen molar-refractivity contribution in [3.8, 4) is 5.69 Å². The Morgan fingerprint density at radius 3 is 2.35 bits per heavy atom. The van der Waals surface area contributed by atoms with Crippen molar-refractivity contribution in [3.63, 3.8) is 0 Å². The SMILES string of the molecule is Cc1ccc(-n2nnnc2/C(=C/N(C)C)C(=O)c2ccc(F)cc2)cc1. The second-order valence-corrected chi connectivity index (χ2v) is 6.09. The number of Topliss-reactive ketones (excluding diaryl/α,β-unsaturated/α-hetero) is 1. The number of allylic oxidation sites excluding steroid dienone is 1. The minimum Gasteiger partial charge on any atom is -0.383 e. The van der Waals surface area contributed by atoms with Gasteiger partial charge in [0.25, 0.3) is 0 Å². The summed E-state index contributed by atoms with van der Waals surface area (Å²) in [6.45, 7) is 1.99. The highest BCUT2D eigenvalue weighted by Gasteiger charge is 2.22. The van der Waals surface area contributed by atoms with Gasteiger partial charge >= 0.3 is 0 Å². The molecule has 3 aromatic rings. The van der Waals surface area contributed by atoms with Crippen LogP contribution in [0, 0.1) is 12.7 Å². The molecule has 0 bridgehead atoms. The van der Waals surface area contributed by atoms with Crippen LogP contribution < -0.4 is 0 Å². The lowest BCUT2D eigenvalue weighted by Gasteiger charge is -2.12. The molecule has 0 aliphatic heterocycles. The first-order chi connectivity index (χ1) is 12.5. The third-order valence-electron chi connectivity index (χ3n) is 3.73. The van der Waals surface area contributed by atoms with Crippen molar-refractivity contribution in [2.75, 3.05) is 14.1 Å². The standard InChI is InChI=1S/C19H18FN5O/c1-13-4-10-16(11-5-13)25-19(21-22-23-25)17(12-24(2)3)18(26)14-6-8-15(20)9-7-14/h4-12H,1-3H3/b17-12+. The first kappa shape index (κ1) is 17.5. The van der Waals surface area contributed by atoms with E-state index in [0.717, 1.165) is 11.3 Å². The Balaban J connectivity index is 2.08. The van der Waals surface area contributed by atoms with Gasteiger partial charge < -0.3 is 4.90 Å². The van der Waals surface area contributed by atoms with Crippen LogP contribution in [0.15, 0.2) is 54.7 Å². The number of aromatic nitrogens is 4. The summed E-state index contributed by atoms with van der Waals surface area (Å²) in [7, 11) is 3.61. The number of benzene rings is 2. The van der Waals surface area contributed by atoms with E-state index in [0.29, 0.717) is 17.0 Å². The summed E-state index contributed by atoms with van der Waals surface area (Å²) in [5.74, 6) is -0.372. The summed E-state index contributed by atoms with van der Waals surface area (Å²) in [6, 6.07) is 13.0. The molecule has 2 aromatic carbocycles. The zero-order chi connectivity index (χ0) is 18.7. The molecular formula is C19H18FN5O. The van der Waals surface area contributed by atoms with Gasteiger partial charge in [-0.2, -0.15) is 4.68 Å². The van der Waals surface area contributed by atoms with E-state index in [2.05, 4.69) is 15.5 Å². The highest BCUT2D eigenvalue weighted by atomic mass is 19.1. The van der Waals surface area contributed by atoms with Crippen molar-refractivity contribution < 1.29 is 9.18 Å². The van der Waals surface area contributed by atoms with Gasteiger partial charge in [0.15, 0.2) is 11.6 Å². The van der Waals surface area contributed by atoms with Gasteiger partial charge in [-0.1, -0.05) is 17.7 Å². The molecule has 0 N–H and O–H groups in total. The van der Waals surface area contributed by atoms with Gasteiger partial charge in [0.1, 0.15) is 5.82 Å². The van der Waals surface area contributed by atoms with Crippen molar-refractivity contribution in [1.82, 2.24) is 25.1 Å². The lowest BCUT2D eigenvalue weighted by atomic mass is 10.0.